The second-order valence-corrected chi connectivity index (χ2v) is 19.1. The van der Waals surface area contributed by atoms with Gasteiger partial charge in [-0.05, 0) is 112 Å². The Balaban J connectivity index is 0.000000138. The first-order valence-corrected chi connectivity index (χ1v) is 24.8. The number of pyridine rings is 2. The molecule has 0 aliphatic heterocycles. The maximum Gasteiger partial charge on any atom is 0.416 e. The molecule has 0 atom stereocenters. The van der Waals surface area contributed by atoms with Crippen LogP contribution in [0.25, 0.3) is 45.3 Å². The number of carbonyl (C=O) groups excluding carboxylic acids is 1. The Hall–Kier alpha value is -8.27. The molecule has 0 amide bonds. The summed E-state index contributed by atoms with van der Waals surface area (Å²) in [4.78, 5) is 35.8. The topological polar surface area (TPSA) is 129 Å². The normalized spacial score (nSPS) is 11.6. The molecule has 0 unspecified atom stereocenters. The Morgan fingerprint density at radius 3 is 1.39 bits per heavy atom. The van der Waals surface area contributed by atoms with Crippen molar-refractivity contribution in [2.45, 2.75) is 45.9 Å². The van der Waals surface area contributed by atoms with Gasteiger partial charge in [-0.1, -0.05) is 103 Å². The highest BCUT2D eigenvalue weighted by Gasteiger charge is 2.31. The predicted octanol–water partition coefficient (Wildman–Crippen LogP) is 12.5. The highest BCUT2D eigenvalue weighted by Crippen LogP contribution is 2.34. The summed E-state index contributed by atoms with van der Waals surface area (Å²) in [6, 6.07) is 45.1. The summed E-state index contributed by atoms with van der Waals surface area (Å²) in [5.41, 5.74) is 5.20. The van der Waals surface area contributed by atoms with Crippen LogP contribution in [0.3, 0.4) is 0 Å². The molecule has 6 heterocycles. The zero-order valence-corrected chi connectivity index (χ0v) is 42.2. The molecule has 6 aromatic heterocycles. The van der Waals surface area contributed by atoms with Crippen LogP contribution < -0.4 is 15.9 Å². The van der Waals surface area contributed by atoms with Crippen molar-refractivity contribution in [3.05, 3.63) is 221 Å². The van der Waals surface area contributed by atoms with Gasteiger partial charge in [-0.15, -0.1) is 21.8 Å². The van der Waals surface area contributed by atoms with Crippen LogP contribution in [0.4, 0.5) is 26.3 Å². The Kier molecular flexibility index (Phi) is 16.5. The van der Waals surface area contributed by atoms with Crippen molar-refractivity contribution in [1.82, 2.24) is 49.1 Å². The van der Waals surface area contributed by atoms with E-state index in [1.54, 1.807) is 45.7 Å². The second kappa shape index (κ2) is 23.3. The van der Waals surface area contributed by atoms with E-state index >= 15 is 0 Å². The standard InChI is InChI=1S/C19H14F3N5.C18H15P.C11H6F3NO.C8H9ClN4/c1-11-10-23-12(2)18-25-17(26-27(11)18)8-6-15-5-3-13-9-14(19(20,21)22)4-7-16(13)24-15;1-4-10-16(11-5-1)19(17-12-6-2-7-13-17)18-14-8-3-9-15-18;12-11(13,14)8-2-4-10-7(5-8)1-3-9(6-16)15-10;1-5-4-10-6(2)8-11-7(3-9)12-13(5)8/h3-10H,1-2H3;1-15H;1-6H;4H,3H2,1-2H3/b8-6+;;;. The van der Waals surface area contributed by atoms with Crippen LogP contribution in [0.1, 0.15) is 61.7 Å². The van der Waals surface area contributed by atoms with Crippen molar-refractivity contribution in [3.63, 3.8) is 0 Å². The van der Waals surface area contributed by atoms with E-state index in [1.165, 1.54) is 40.2 Å². The lowest BCUT2D eigenvalue weighted by atomic mass is 10.1. The maximum absolute atomic E-state index is 12.8. The van der Waals surface area contributed by atoms with Crippen LogP contribution in [0.5, 0.6) is 0 Å². The summed E-state index contributed by atoms with van der Waals surface area (Å²) >= 11 is 5.64. The van der Waals surface area contributed by atoms with Gasteiger partial charge in [-0.25, -0.2) is 29.0 Å². The number of rotatable bonds is 7. The van der Waals surface area contributed by atoms with Gasteiger partial charge >= 0.3 is 12.4 Å². The Morgan fingerprint density at radius 1 is 0.520 bits per heavy atom. The number of nitrogens with zero attached hydrogens (tertiary/aromatic N) is 10. The van der Waals surface area contributed by atoms with Gasteiger partial charge in [0.1, 0.15) is 5.69 Å². The molecule has 5 aromatic carbocycles. The molecule has 0 N–H and O–H groups in total. The summed E-state index contributed by atoms with van der Waals surface area (Å²) in [5.74, 6) is 1.48. The molecule has 0 saturated carbocycles. The molecule has 0 fully saturated rings. The molecule has 0 aliphatic rings. The van der Waals surface area contributed by atoms with Crippen LogP contribution in [0, 0.1) is 27.7 Å². The van der Waals surface area contributed by atoms with Crippen molar-refractivity contribution in [2.75, 3.05) is 0 Å². The third kappa shape index (κ3) is 13.1. The summed E-state index contributed by atoms with van der Waals surface area (Å²) in [6.07, 6.45) is -1.24. The summed E-state index contributed by atoms with van der Waals surface area (Å²) in [6.45, 7) is 7.59. The minimum Gasteiger partial charge on any atom is -0.296 e. The van der Waals surface area contributed by atoms with Crippen molar-refractivity contribution < 1.29 is 31.1 Å². The smallest absolute Gasteiger partial charge is 0.296 e. The lowest BCUT2D eigenvalue weighted by Crippen LogP contribution is -2.20. The molecule has 0 radical (unpaired) electrons. The molecule has 11 nitrogen and oxygen atoms in total. The number of alkyl halides is 7. The molecule has 11 rings (SSSR count). The van der Waals surface area contributed by atoms with Gasteiger partial charge in [-0.3, -0.25) is 14.8 Å². The number of halogens is 7. The first-order valence-electron chi connectivity index (χ1n) is 23.0. The van der Waals surface area contributed by atoms with Gasteiger partial charge in [0.25, 0.3) is 0 Å². The van der Waals surface area contributed by atoms with E-state index in [0.717, 1.165) is 52.7 Å². The van der Waals surface area contributed by atoms with E-state index in [4.69, 9.17) is 11.6 Å². The zero-order valence-electron chi connectivity index (χ0n) is 40.5. The predicted molar refractivity (Wildman–Crippen MR) is 283 cm³/mol. The van der Waals surface area contributed by atoms with Crippen molar-refractivity contribution >= 4 is 87.0 Å². The molecular weight excluding hydrogens is 1010 g/mol. The monoisotopic (exact) mass is 1050 g/mol. The van der Waals surface area contributed by atoms with Crippen LogP contribution in [0.15, 0.2) is 164 Å². The van der Waals surface area contributed by atoms with E-state index in [9.17, 15) is 31.1 Å². The van der Waals surface area contributed by atoms with E-state index in [2.05, 4.69) is 131 Å². The van der Waals surface area contributed by atoms with Gasteiger partial charge in [-0.2, -0.15) is 26.3 Å². The number of aldehydes is 1. The van der Waals surface area contributed by atoms with E-state index < -0.39 is 31.4 Å². The van der Waals surface area contributed by atoms with Crippen LogP contribution in [-0.4, -0.2) is 55.4 Å². The largest absolute Gasteiger partial charge is 0.416 e. The lowest BCUT2D eigenvalue weighted by Gasteiger charge is -2.18. The minimum atomic E-state index is -4.37. The summed E-state index contributed by atoms with van der Waals surface area (Å²) in [7, 11) is -0.446. The molecule has 75 heavy (non-hydrogen) atoms. The van der Waals surface area contributed by atoms with Crippen molar-refractivity contribution in [3.8, 4) is 0 Å². The molecular formula is C56H44ClF6N10OP. The van der Waals surface area contributed by atoms with Crippen LogP contribution >= 0.6 is 19.5 Å². The molecule has 19 heteroatoms. The first-order chi connectivity index (χ1) is 36.0. The lowest BCUT2D eigenvalue weighted by molar-refractivity contribution is -0.138. The van der Waals surface area contributed by atoms with Gasteiger partial charge in [0, 0.05) is 23.2 Å². The van der Waals surface area contributed by atoms with Crippen molar-refractivity contribution in [1.29, 1.82) is 0 Å². The Labute approximate surface area is 432 Å². The number of benzene rings is 5. The second-order valence-electron chi connectivity index (χ2n) is 16.6. The molecule has 11 aromatic rings. The first kappa shape index (κ1) is 53.0. The fraction of sp³-hybridized carbons (Fsp3) is 0.125. The number of aromatic nitrogens is 10. The highest BCUT2D eigenvalue weighted by molar-refractivity contribution is 7.79. The highest BCUT2D eigenvalue weighted by atomic mass is 35.5. The number of fused-ring (bicyclic) bond motifs is 4. The van der Waals surface area contributed by atoms with Gasteiger partial charge in [0.05, 0.1) is 56.5 Å². The number of hydrogen-bond donors (Lipinski definition) is 0. The van der Waals surface area contributed by atoms with Crippen molar-refractivity contribution in [2.24, 2.45) is 0 Å². The third-order valence-electron chi connectivity index (χ3n) is 11.2. The molecule has 0 aliphatic carbocycles. The SMILES string of the molecule is Cc1ncc(C)n2nc(/C=C/c3ccc4cc(C(F)(F)F)ccc4n3)nc12.Cc1ncc(C)n2nc(CCl)nc12.O=Cc1ccc2cc(C(F)(F)F)ccc2n1.c1ccc(P(c2ccccc2)c2ccccc2)cc1. The number of aryl methyl sites for hydroxylation is 4. The van der Waals surface area contributed by atoms with Crippen LogP contribution in [-0.2, 0) is 18.2 Å². The van der Waals surface area contributed by atoms with Gasteiger partial charge in [0.15, 0.2) is 29.2 Å². The molecule has 378 valence electrons. The summed E-state index contributed by atoms with van der Waals surface area (Å²) < 4.78 is 79.0. The van der Waals surface area contributed by atoms with Crippen LogP contribution in [0.2, 0.25) is 0 Å². The maximum atomic E-state index is 12.8. The third-order valence-corrected chi connectivity index (χ3v) is 13.9. The number of carbonyl (C=O) groups is 1. The quantitative estimate of drug-likeness (QED) is 0.0663. The van der Waals surface area contributed by atoms with E-state index in [1.807, 2.05) is 27.7 Å². The molecule has 0 bridgehead atoms. The molecule has 0 saturated heterocycles. The number of hydrogen-bond acceptors (Lipinski definition) is 9. The Bertz CT molecular complexity index is 3610. The Morgan fingerprint density at radius 2 is 0.960 bits per heavy atom. The average Bonchev–Trinajstić information content (AvgIpc) is 4.08. The fourth-order valence-corrected chi connectivity index (χ4v) is 9.93. The van der Waals surface area contributed by atoms with E-state index in [0.29, 0.717) is 57.0 Å². The fourth-order valence-electron chi connectivity index (χ4n) is 7.51. The molecule has 0 spiro atoms. The van der Waals surface area contributed by atoms with Gasteiger partial charge < -0.3 is 0 Å². The van der Waals surface area contributed by atoms with Gasteiger partial charge in [0.2, 0.25) is 0 Å². The summed E-state index contributed by atoms with van der Waals surface area (Å²) in [5, 5.41) is 13.6. The van der Waals surface area contributed by atoms with E-state index in [-0.39, 0.29) is 5.69 Å². The average molecular weight is 1050 g/mol. The minimum absolute atomic E-state index is 0.201. The zero-order chi connectivity index (χ0) is 53.3.